The lowest BCUT2D eigenvalue weighted by Crippen LogP contribution is -2.30. The standard InChI is InChI=1S/C14H23N/c1-4-9-14(5-2)15-12(3)13-10-7-6-8-11-13/h6-8,10-12,14-15H,4-5,9H2,1-3H3. The summed E-state index contributed by atoms with van der Waals surface area (Å²) in [5.74, 6) is 0. The van der Waals surface area contributed by atoms with E-state index in [1.54, 1.807) is 0 Å². The summed E-state index contributed by atoms with van der Waals surface area (Å²) in [5, 5.41) is 3.68. The summed E-state index contributed by atoms with van der Waals surface area (Å²) < 4.78 is 0. The predicted octanol–water partition coefficient (Wildman–Crippen LogP) is 3.92. The van der Waals surface area contributed by atoms with E-state index >= 15 is 0 Å². The Kier molecular flexibility index (Phi) is 5.41. The van der Waals surface area contributed by atoms with Crippen LogP contribution in [0.2, 0.25) is 0 Å². The molecule has 0 saturated carbocycles. The van der Waals surface area contributed by atoms with Gasteiger partial charge in [0.1, 0.15) is 0 Å². The second-order valence-corrected chi connectivity index (χ2v) is 4.19. The minimum absolute atomic E-state index is 0.461. The molecule has 1 aromatic rings. The Bertz CT molecular complexity index is 255. The SMILES string of the molecule is CCCC(CC)NC(C)c1ccccc1. The topological polar surface area (TPSA) is 12.0 Å². The lowest BCUT2D eigenvalue weighted by molar-refractivity contribution is 0.417. The molecule has 0 saturated heterocycles. The van der Waals surface area contributed by atoms with Gasteiger partial charge in [0.2, 0.25) is 0 Å². The van der Waals surface area contributed by atoms with Gasteiger partial charge < -0.3 is 5.32 Å². The van der Waals surface area contributed by atoms with Gasteiger partial charge in [0.25, 0.3) is 0 Å². The minimum Gasteiger partial charge on any atom is -0.307 e. The molecule has 0 fully saturated rings. The molecule has 2 atom stereocenters. The average Bonchev–Trinajstić information content (AvgIpc) is 2.29. The highest BCUT2D eigenvalue weighted by atomic mass is 14.9. The van der Waals surface area contributed by atoms with E-state index in [1.807, 2.05) is 0 Å². The van der Waals surface area contributed by atoms with Crippen molar-refractivity contribution < 1.29 is 0 Å². The highest BCUT2D eigenvalue weighted by Gasteiger charge is 2.10. The summed E-state index contributed by atoms with van der Waals surface area (Å²) in [5.41, 5.74) is 1.38. The number of rotatable bonds is 6. The van der Waals surface area contributed by atoms with E-state index in [9.17, 15) is 0 Å². The Morgan fingerprint density at radius 2 is 1.80 bits per heavy atom. The third-order valence-corrected chi connectivity index (χ3v) is 2.92. The van der Waals surface area contributed by atoms with E-state index in [2.05, 4.69) is 56.4 Å². The van der Waals surface area contributed by atoms with Gasteiger partial charge in [0, 0.05) is 12.1 Å². The zero-order valence-electron chi connectivity index (χ0n) is 10.2. The minimum atomic E-state index is 0.461. The maximum absolute atomic E-state index is 3.68. The fraction of sp³-hybridized carbons (Fsp3) is 0.571. The highest BCUT2D eigenvalue weighted by Crippen LogP contribution is 2.14. The second kappa shape index (κ2) is 6.62. The van der Waals surface area contributed by atoms with Gasteiger partial charge in [0.15, 0.2) is 0 Å². The third-order valence-electron chi connectivity index (χ3n) is 2.92. The first-order chi connectivity index (χ1) is 7.27. The molecule has 0 aromatic heterocycles. The van der Waals surface area contributed by atoms with Crippen LogP contribution in [0.1, 0.15) is 51.6 Å². The van der Waals surface area contributed by atoms with Crippen LogP contribution in [0.3, 0.4) is 0 Å². The van der Waals surface area contributed by atoms with Gasteiger partial charge >= 0.3 is 0 Å². The van der Waals surface area contributed by atoms with Crippen molar-refractivity contribution in [2.75, 3.05) is 0 Å². The monoisotopic (exact) mass is 205 g/mol. The first-order valence-electron chi connectivity index (χ1n) is 6.08. The maximum Gasteiger partial charge on any atom is 0.0294 e. The van der Waals surface area contributed by atoms with Crippen molar-refractivity contribution in [3.8, 4) is 0 Å². The predicted molar refractivity (Wildman–Crippen MR) is 67.0 cm³/mol. The van der Waals surface area contributed by atoms with Crippen molar-refractivity contribution in [2.24, 2.45) is 0 Å². The van der Waals surface area contributed by atoms with Crippen LogP contribution in [0, 0.1) is 0 Å². The molecular weight excluding hydrogens is 182 g/mol. The molecule has 0 aliphatic carbocycles. The highest BCUT2D eigenvalue weighted by molar-refractivity contribution is 5.18. The van der Waals surface area contributed by atoms with Gasteiger partial charge in [-0.3, -0.25) is 0 Å². The summed E-state index contributed by atoms with van der Waals surface area (Å²) in [6.45, 7) is 6.75. The van der Waals surface area contributed by atoms with Crippen molar-refractivity contribution in [2.45, 2.75) is 52.1 Å². The van der Waals surface area contributed by atoms with Gasteiger partial charge in [-0.2, -0.15) is 0 Å². The summed E-state index contributed by atoms with van der Waals surface area (Å²) in [6.07, 6.45) is 3.74. The van der Waals surface area contributed by atoms with Crippen LogP contribution in [0.5, 0.6) is 0 Å². The Morgan fingerprint density at radius 1 is 1.13 bits per heavy atom. The molecule has 1 aromatic carbocycles. The zero-order chi connectivity index (χ0) is 11.1. The van der Waals surface area contributed by atoms with E-state index in [0.29, 0.717) is 12.1 Å². The maximum atomic E-state index is 3.68. The zero-order valence-corrected chi connectivity index (χ0v) is 10.2. The van der Waals surface area contributed by atoms with Crippen LogP contribution in [0.25, 0.3) is 0 Å². The van der Waals surface area contributed by atoms with Gasteiger partial charge in [-0.05, 0) is 25.3 Å². The summed E-state index contributed by atoms with van der Waals surface area (Å²) in [4.78, 5) is 0. The molecule has 1 rings (SSSR count). The Balaban J connectivity index is 2.50. The molecule has 1 nitrogen and oxygen atoms in total. The van der Waals surface area contributed by atoms with E-state index in [0.717, 1.165) is 0 Å². The number of hydrogen-bond acceptors (Lipinski definition) is 1. The van der Waals surface area contributed by atoms with Crippen LogP contribution in [-0.4, -0.2) is 6.04 Å². The second-order valence-electron chi connectivity index (χ2n) is 4.19. The summed E-state index contributed by atoms with van der Waals surface area (Å²) in [7, 11) is 0. The lowest BCUT2D eigenvalue weighted by Gasteiger charge is -2.22. The van der Waals surface area contributed by atoms with Crippen LogP contribution >= 0.6 is 0 Å². The molecule has 0 spiro atoms. The van der Waals surface area contributed by atoms with Crippen LogP contribution in [0.4, 0.5) is 0 Å². The molecule has 0 heterocycles. The van der Waals surface area contributed by atoms with Gasteiger partial charge in [-0.25, -0.2) is 0 Å². The molecule has 2 unspecified atom stereocenters. The normalized spacial score (nSPS) is 14.9. The van der Waals surface area contributed by atoms with Crippen LogP contribution in [-0.2, 0) is 0 Å². The number of nitrogens with one attached hydrogen (secondary N) is 1. The lowest BCUT2D eigenvalue weighted by atomic mass is 10.0. The Labute approximate surface area is 93.9 Å². The van der Waals surface area contributed by atoms with Crippen molar-refractivity contribution in [1.29, 1.82) is 0 Å². The fourth-order valence-corrected chi connectivity index (χ4v) is 1.95. The smallest absolute Gasteiger partial charge is 0.0294 e. The molecule has 0 amide bonds. The Morgan fingerprint density at radius 3 is 2.33 bits per heavy atom. The summed E-state index contributed by atoms with van der Waals surface area (Å²) in [6, 6.07) is 11.8. The molecule has 0 radical (unpaired) electrons. The first kappa shape index (κ1) is 12.3. The molecule has 84 valence electrons. The van der Waals surface area contributed by atoms with E-state index in [-0.39, 0.29) is 0 Å². The largest absolute Gasteiger partial charge is 0.307 e. The molecule has 1 heteroatoms. The van der Waals surface area contributed by atoms with Crippen LogP contribution < -0.4 is 5.32 Å². The molecule has 0 aliphatic heterocycles. The molecule has 0 aliphatic rings. The quantitative estimate of drug-likeness (QED) is 0.742. The summed E-state index contributed by atoms with van der Waals surface area (Å²) >= 11 is 0. The van der Waals surface area contributed by atoms with Gasteiger partial charge in [-0.1, -0.05) is 50.6 Å². The van der Waals surface area contributed by atoms with Crippen molar-refractivity contribution in [3.05, 3.63) is 35.9 Å². The van der Waals surface area contributed by atoms with E-state index in [1.165, 1.54) is 24.8 Å². The molecule has 1 N–H and O–H groups in total. The fourth-order valence-electron chi connectivity index (χ4n) is 1.95. The van der Waals surface area contributed by atoms with Crippen molar-refractivity contribution >= 4 is 0 Å². The van der Waals surface area contributed by atoms with E-state index < -0.39 is 0 Å². The third kappa shape index (κ3) is 4.05. The molecule has 0 bridgehead atoms. The average molecular weight is 205 g/mol. The molecular formula is C14H23N. The number of benzene rings is 1. The Hall–Kier alpha value is -0.820. The van der Waals surface area contributed by atoms with Crippen LogP contribution in [0.15, 0.2) is 30.3 Å². The van der Waals surface area contributed by atoms with Gasteiger partial charge in [-0.15, -0.1) is 0 Å². The number of hydrogen-bond donors (Lipinski definition) is 1. The molecule has 15 heavy (non-hydrogen) atoms. The van der Waals surface area contributed by atoms with Gasteiger partial charge in [0.05, 0.1) is 0 Å². The van der Waals surface area contributed by atoms with E-state index in [4.69, 9.17) is 0 Å². The first-order valence-corrected chi connectivity index (χ1v) is 6.08. The van der Waals surface area contributed by atoms with Crippen molar-refractivity contribution in [1.82, 2.24) is 5.32 Å². The van der Waals surface area contributed by atoms with Crippen molar-refractivity contribution in [3.63, 3.8) is 0 Å².